The van der Waals surface area contributed by atoms with Crippen molar-refractivity contribution in [3.8, 4) is 0 Å². The molecule has 0 bridgehead atoms. The van der Waals surface area contributed by atoms with E-state index in [-0.39, 0.29) is 5.60 Å². The summed E-state index contributed by atoms with van der Waals surface area (Å²) in [4.78, 5) is 0. The zero-order valence-electron chi connectivity index (χ0n) is 10.4. The SMILES string of the molecule is CC(C)(C)O[SiH](CCl)CCc1ccccc1. The summed E-state index contributed by atoms with van der Waals surface area (Å²) in [6, 6.07) is 11.7. The highest BCUT2D eigenvalue weighted by atomic mass is 35.5. The Labute approximate surface area is 106 Å². The lowest BCUT2D eigenvalue weighted by atomic mass is 10.2. The molecule has 0 heterocycles. The minimum Gasteiger partial charge on any atom is -0.414 e. The van der Waals surface area contributed by atoms with Crippen LogP contribution in [-0.4, -0.2) is 20.1 Å². The molecule has 16 heavy (non-hydrogen) atoms. The van der Waals surface area contributed by atoms with E-state index in [1.54, 1.807) is 0 Å². The van der Waals surface area contributed by atoms with E-state index < -0.39 is 9.04 Å². The first-order valence-electron chi connectivity index (χ1n) is 5.79. The molecule has 1 aromatic carbocycles. The molecule has 0 aromatic heterocycles. The Balaban J connectivity index is 2.40. The monoisotopic (exact) mass is 256 g/mol. The molecule has 1 atom stereocenters. The zero-order valence-corrected chi connectivity index (χ0v) is 12.3. The molecule has 0 aliphatic rings. The van der Waals surface area contributed by atoms with Crippen LogP contribution in [0.4, 0.5) is 0 Å². The maximum Gasteiger partial charge on any atom is 0.192 e. The molecule has 0 saturated carbocycles. The summed E-state index contributed by atoms with van der Waals surface area (Å²) in [5.74, 6) is 0. The number of halogens is 1. The molecule has 1 rings (SSSR count). The van der Waals surface area contributed by atoms with Gasteiger partial charge in [-0.15, -0.1) is 11.6 Å². The average molecular weight is 257 g/mol. The van der Waals surface area contributed by atoms with Gasteiger partial charge in [0, 0.05) is 11.1 Å². The van der Waals surface area contributed by atoms with Gasteiger partial charge in [0.05, 0.1) is 0 Å². The van der Waals surface area contributed by atoms with Gasteiger partial charge in [-0.05, 0) is 38.8 Å². The average Bonchev–Trinajstić information content (AvgIpc) is 2.24. The van der Waals surface area contributed by atoms with Crippen molar-refractivity contribution < 1.29 is 4.43 Å². The van der Waals surface area contributed by atoms with Crippen molar-refractivity contribution in [1.82, 2.24) is 0 Å². The van der Waals surface area contributed by atoms with E-state index in [1.165, 1.54) is 5.56 Å². The Hall–Kier alpha value is -0.313. The van der Waals surface area contributed by atoms with Gasteiger partial charge in [0.1, 0.15) is 0 Å². The lowest BCUT2D eigenvalue weighted by Gasteiger charge is -2.25. The molecule has 1 unspecified atom stereocenters. The Morgan fingerprint density at radius 3 is 2.31 bits per heavy atom. The molecule has 0 N–H and O–H groups in total. The molecule has 0 aliphatic heterocycles. The van der Waals surface area contributed by atoms with Crippen molar-refractivity contribution in [2.75, 3.05) is 5.50 Å². The van der Waals surface area contributed by atoms with Crippen molar-refractivity contribution in [2.45, 2.75) is 38.8 Å². The van der Waals surface area contributed by atoms with Gasteiger partial charge in [-0.3, -0.25) is 0 Å². The van der Waals surface area contributed by atoms with Crippen molar-refractivity contribution >= 4 is 20.6 Å². The van der Waals surface area contributed by atoms with Crippen LogP contribution in [0, 0.1) is 0 Å². The van der Waals surface area contributed by atoms with Gasteiger partial charge in [-0.2, -0.15) is 0 Å². The maximum atomic E-state index is 6.02. The third-order valence-electron chi connectivity index (χ3n) is 2.29. The molecule has 0 amide bonds. The molecule has 0 aliphatic carbocycles. The third-order valence-corrected chi connectivity index (χ3v) is 5.64. The first kappa shape index (κ1) is 13.8. The van der Waals surface area contributed by atoms with E-state index in [0.29, 0.717) is 5.50 Å². The van der Waals surface area contributed by atoms with Gasteiger partial charge in [0.2, 0.25) is 0 Å². The molecule has 0 fully saturated rings. The topological polar surface area (TPSA) is 9.23 Å². The number of rotatable bonds is 5. The maximum absolute atomic E-state index is 6.02. The molecule has 1 aromatic rings. The van der Waals surface area contributed by atoms with Crippen LogP contribution in [0.1, 0.15) is 26.3 Å². The molecule has 90 valence electrons. The summed E-state index contributed by atoms with van der Waals surface area (Å²) in [5.41, 5.74) is 2.02. The van der Waals surface area contributed by atoms with Gasteiger partial charge < -0.3 is 4.43 Å². The summed E-state index contributed by atoms with van der Waals surface area (Å²) in [6.45, 7) is 6.30. The first-order chi connectivity index (χ1) is 7.51. The highest BCUT2D eigenvalue weighted by Gasteiger charge is 2.19. The predicted octanol–water partition coefficient (Wildman–Crippen LogP) is 3.55. The van der Waals surface area contributed by atoms with Crippen molar-refractivity contribution in [2.24, 2.45) is 0 Å². The first-order valence-corrected chi connectivity index (χ1v) is 8.43. The number of hydrogen-bond donors (Lipinski definition) is 0. The van der Waals surface area contributed by atoms with Crippen molar-refractivity contribution in [3.05, 3.63) is 35.9 Å². The summed E-state index contributed by atoms with van der Waals surface area (Å²) >= 11 is 5.98. The second-order valence-corrected chi connectivity index (χ2v) is 8.32. The van der Waals surface area contributed by atoms with Gasteiger partial charge in [0.25, 0.3) is 0 Å². The fourth-order valence-electron chi connectivity index (χ4n) is 1.64. The van der Waals surface area contributed by atoms with Crippen molar-refractivity contribution in [1.29, 1.82) is 0 Å². The summed E-state index contributed by atoms with van der Waals surface area (Å²) in [5, 5.41) is 0. The van der Waals surface area contributed by atoms with Crippen LogP contribution < -0.4 is 0 Å². The van der Waals surface area contributed by atoms with Gasteiger partial charge in [0.15, 0.2) is 9.04 Å². The third kappa shape index (κ3) is 5.68. The molecule has 3 heteroatoms. The largest absolute Gasteiger partial charge is 0.414 e. The number of hydrogen-bond acceptors (Lipinski definition) is 1. The number of benzene rings is 1. The highest BCUT2D eigenvalue weighted by molar-refractivity contribution is 6.61. The molecule has 1 nitrogen and oxygen atoms in total. The van der Waals surface area contributed by atoms with Crippen LogP contribution >= 0.6 is 11.6 Å². The Kier molecular flexibility index (Phi) is 5.53. The molecule has 0 saturated heterocycles. The van der Waals surface area contributed by atoms with E-state index in [2.05, 4.69) is 45.0 Å². The Morgan fingerprint density at radius 1 is 1.19 bits per heavy atom. The van der Waals surface area contributed by atoms with E-state index >= 15 is 0 Å². The molecule has 0 radical (unpaired) electrons. The van der Waals surface area contributed by atoms with Crippen LogP contribution in [0.3, 0.4) is 0 Å². The normalized spacial score (nSPS) is 13.8. The summed E-state index contributed by atoms with van der Waals surface area (Å²) in [6.07, 6.45) is 1.08. The minimum absolute atomic E-state index is 0.0531. The molecular weight excluding hydrogens is 236 g/mol. The Morgan fingerprint density at radius 2 is 1.81 bits per heavy atom. The minimum atomic E-state index is -1.24. The second kappa shape index (κ2) is 6.43. The van der Waals surface area contributed by atoms with E-state index in [4.69, 9.17) is 16.0 Å². The second-order valence-electron chi connectivity index (χ2n) is 5.03. The standard InChI is InChI=1S/C13H21ClOSi/c1-13(2,3)15-16(11-14)10-9-12-7-5-4-6-8-12/h4-8,16H,9-11H2,1-3H3. The smallest absolute Gasteiger partial charge is 0.192 e. The predicted molar refractivity (Wildman–Crippen MR) is 73.7 cm³/mol. The van der Waals surface area contributed by atoms with Crippen LogP contribution in [0.25, 0.3) is 0 Å². The number of alkyl halides is 1. The lowest BCUT2D eigenvalue weighted by Crippen LogP contribution is -2.32. The van der Waals surface area contributed by atoms with Gasteiger partial charge >= 0.3 is 0 Å². The van der Waals surface area contributed by atoms with Crippen molar-refractivity contribution in [3.63, 3.8) is 0 Å². The fourth-order valence-corrected chi connectivity index (χ4v) is 4.28. The van der Waals surface area contributed by atoms with Gasteiger partial charge in [-0.25, -0.2) is 0 Å². The van der Waals surface area contributed by atoms with E-state index in [1.807, 2.05) is 6.07 Å². The molecular formula is C13H21ClOSi. The summed E-state index contributed by atoms with van der Waals surface area (Å²) < 4.78 is 6.02. The van der Waals surface area contributed by atoms with E-state index in [0.717, 1.165) is 12.5 Å². The van der Waals surface area contributed by atoms with Crippen LogP contribution in [0.2, 0.25) is 6.04 Å². The number of aryl methyl sites for hydroxylation is 1. The van der Waals surface area contributed by atoms with Crippen LogP contribution in [0.5, 0.6) is 0 Å². The Bertz CT molecular complexity index is 295. The fraction of sp³-hybridized carbons (Fsp3) is 0.538. The quantitative estimate of drug-likeness (QED) is 0.578. The summed E-state index contributed by atoms with van der Waals surface area (Å²) in [7, 11) is -1.24. The van der Waals surface area contributed by atoms with E-state index in [9.17, 15) is 0 Å². The van der Waals surface area contributed by atoms with Gasteiger partial charge in [-0.1, -0.05) is 30.3 Å². The molecule has 0 spiro atoms. The van der Waals surface area contributed by atoms with Crippen LogP contribution in [-0.2, 0) is 10.8 Å². The highest BCUT2D eigenvalue weighted by Crippen LogP contribution is 2.14. The zero-order chi connectivity index (χ0) is 12.0. The lowest BCUT2D eigenvalue weighted by molar-refractivity contribution is 0.129. The van der Waals surface area contributed by atoms with Crippen LogP contribution in [0.15, 0.2) is 30.3 Å².